The van der Waals surface area contributed by atoms with E-state index in [4.69, 9.17) is 16.7 Å². The molecule has 0 bridgehead atoms. The first-order valence-electron chi connectivity index (χ1n) is 5.95. The molecule has 1 aliphatic carbocycles. The number of sulfonamides is 1. The maximum Gasteiger partial charge on any atom is 0.337 e. The van der Waals surface area contributed by atoms with E-state index in [1.54, 1.807) is 0 Å². The molecule has 0 atom stereocenters. The second-order valence-electron chi connectivity index (χ2n) is 4.55. The van der Waals surface area contributed by atoms with Crippen molar-refractivity contribution in [2.75, 3.05) is 0 Å². The topological polar surface area (TPSA) is 83.5 Å². The maximum atomic E-state index is 12.1. The van der Waals surface area contributed by atoms with Gasteiger partial charge in [0.15, 0.2) is 0 Å². The van der Waals surface area contributed by atoms with Gasteiger partial charge < -0.3 is 5.11 Å². The van der Waals surface area contributed by atoms with Crippen LogP contribution in [-0.2, 0) is 10.0 Å². The lowest BCUT2D eigenvalue weighted by Crippen LogP contribution is -2.32. The van der Waals surface area contributed by atoms with Crippen LogP contribution in [0.15, 0.2) is 23.1 Å². The molecule has 0 radical (unpaired) electrons. The number of carboxylic acid groups (broad SMARTS) is 1. The Bertz CT molecular complexity index is 594. The molecule has 1 saturated carbocycles. The molecule has 0 aliphatic heterocycles. The van der Waals surface area contributed by atoms with E-state index in [0.717, 1.165) is 25.7 Å². The van der Waals surface area contributed by atoms with Gasteiger partial charge >= 0.3 is 5.97 Å². The van der Waals surface area contributed by atoms with E-state index in [2.05, 4.69) is 4.72 Å². The molecule has 19 heavy (non-hydrogen) atoms. The van der Waals surface area contributed by atoms with Crippen LogP contribution >= 0.6 is 11.6 Å². The van der Waals surface area contributed by atoms with Crippen molar-refractivity contribution < 1.29 is 18.3 Å². The molecule has 1 aliphatic rings. The van der Waals surface area contributed by atoms with Crippen molar-refractivity contribution in [1.82, 2.24) is 4.72 Å². The van der Waals surface area contributed by atoms with E-state index in [1.807, 2.05) is 0 Å². The van der Waals surface area contributed by atoms with Gasteiger partial charge in [-0.2, -0.15) is 0 Å². The second kappa shape index (κ2) is 5.48. The van der Waals surface area contributed by atoms with Crippen molar-refractivity contribution in [3.05, 3.63) is 28.8 Å². The molecular weight excluding hydrogens is 290 g/mol. The fourth-order valence-electron chi connectivity index (χ4n) is 2.17. The molecule has 5 nitrogen and oxygen atoms in total. The van der Waals surface area contributed by atoms with Crippen LogP contribution in [0, 0.1) is 0 Å². The Morgan fingerprint density at radius 1 is 1.32 bits per heavy atom. The molecule has 7 heteroatoms. The molecule has 2 rings (SSSR count). The van der Waals surface area contributed by atoms with Crippen LogP contribution in [-0.4, -0.2) is 25.5 Å². The van der Waals surface area contributed by atoms with Crippen LogP contribution in [0.5, 0.6) is 0 Å². The Balaban J connectivity index is 2.25. The van der Waals surface area contributed by atoms with E-state index in [0.29, 0.717) is 0 Å². The van der Waals surface area contributed by atoms with Crippen LogP contribution in [0.25, 0.3) is 0 Å². The largest absolute Gasteiger partial charge is 0.478 e. The Morgan fingerprint density at radius 3 is 2.47 bits per heavy atom. The highest BCUT2D eigenvalue weighted by molar-refractivity contribution is 7.89. The summed E-state index contributed by atoms with van der Waals surface area (Å²) in [5.41, 5.74) is -0.110. The lowest BCUT2D eigenvalue weighted by Gasteiger charge is -2.13. The summed E-state index contributed by atoms with van der Waals surface area (Å²) in [7, 11) is -3.64. The summed E-state index contributed by atoms with van der Waals surface area (Å²) in [6.07, 6.45) is 3.71. The monoisotopic (exact) mass is 303 g/mol. The van der Waals surface area contributed by atoms with E-state index in [9.17, 15) is 13.2 Å². The van der Waals surface area contributed by atoms with Crippen molar-refractivity contribution >= 4 is 27.6 Å². The van der Waals surface area contributed by atoms with Gasteiger partial charge in [-0.1, -0.05) is 24.4 Å². The van der Waals surface area contributed by atoms with Gasteiger partial charge in [-0.25, -0.2) is 17.9 Å². The molecule has 104 valence electrons. The number of carboxylic acids is 1. The SMILES string of the molecule is O=C(O)c1ccc(S(=O)(=O)NC2CCCC2)cc1Cl. The predicted octanol–water partition coefficient (Wildman–Crippen LogP) is 2.26. The number of halogens is 1. The zero-order valence-electron chi connectivity index (χ0n) is 10.1. The van der Waals surface area contributed by atoms with Crippen molar-refractivity contribution in [3.8, 4) is 0 Å². The average Bonchev–Trinajstić information content (AvgIpc) is 2.80. The summed E-state index contributed by atoms with van der Waals surface area (Å²) in [5, 5.41) is 8.76. The minimum Gasteiger partial charge on any atom is -0.478 e. The summed E-state index contributed by atoms with van der Waals surface area (Å²) >= 11 is 5.77. The van der Waals surface area contributed by atoms with E-state index < -0.39 is 16.0 Å². The molecule has 1 aromatic carbocycles. The first-order valence-corrected chi connectivity index (χ1v) is 7.81. The first kappa shape index (κ1) is 14.3. The number of nitrogens with one attached hydrogen (secondary N) is 1. The van der Waals surface area contributed by atoms with Gasteiger partial charge in [0.05, 0.1) is 15.5 Å². The van der Waals surface area contributed by atoms with Gasteiger partial charge in [0.2, 0.25) is 10.0 Å². The molecule has 1 aromatic rings. The Labute approximate surface area is 116 Å². The highest BCUT2D eigenvalue weighted by Crippen LogP contribution is 2.23. The van der Waals surface area contributed by atoms with Crippen molar-refractivity contribution in [1.29, 1.82) is 0 Å². The van der Waals surface area contributed by atoms with Gasteiger partial charge in [0, 0.05) is 6.04 Å². The van der Waals surface area contributed by atoms with E-state index in [1.165, 1.54) is 18.2 Å². The number of benzene rings is 1. The highest BCUT2D eigenvalue weighted by Gasteiger charge is 2.23. The Morgan fingerprint density at radius 2 is 1.95 bits per heavy atom. The van der Waals surface area contributed by atoms with Gasteiger partial charge in [-0.15, -0.1) is 0 Å². The Hall–Kier alpha value is -1.11. The summed E-state index contributed by atoms with van der Waals surface area (Å²) in [5.74, 6) is -1.18. The molecule has 0 aromatic heterocycles. The minimum absolute atomic E-state index is 0.00519. The van der Waals surface area contributed by atoms with Crippen molar-refractivity contribution in [2.45, 2.75) is 36.6 Å². The van der Waals surface area contributed by atoms with Gasteiger partial charge in [-0.3, -0.25) is 0 Å². The van der Waals surface area contributed by atoms with Crippen LogP contribution in [0.1, 0.15) is 36.0 Å². The summed E-state index contributed by atoms with van der Waals surface area (Å²) < 4.78 is 26.8. The Kier molecular flexibility index (Phi) is 4.13. The van der Waals surface area contributed by atoms with Gasteiger partial charge in [0.25, 0.3) is 0 Å². The molecule has 0 saturated heterocycles. The normalized spacial score (nSPS) is 16.7. The fourth-order valence-corrected chi connectivity index (χ4v) is 3.82. The zero-order chi connectivity index (χ0) is 14.0. The number of aromatic carboxylic acids is 1. The van der Waals surface area contributed by atoms with Gasteiger partial charge in [0.1, 0.15) is 0 Å². The summed E-state index contributed by atoms with van der Waals surface area (Å²) in [6, 6.07) is 3.59. The number of rotatable bonds is 4. The molecule has 0 heterocycles. The third-order valence-electron chi connectivity index (χ3n) is 3.16. The molecule has 1 fully saturated rings. The van der Waals surface area contributed by atoms with Crippen molar-refractivity contribution in [3.63, 3.8) is 0 Å². The molecule has 0 unspecified atom stereocenters. The molecule has 0 spiro atoms. The average molecular weight is 304 g/mol. The predicted molar refractivity (Wildman–Crippen MR) is 71.0 cm³/mol. The highest BCUT2D eigenvalue weighted by atomic mass is 35.5. The summed E-state index contributed by atoms with van der Waals surface area (Å²) in [6.45, 7) is 0. The van der Waals surface area contributed by atoms with E-state index >= 15 is 0 Å². The van der Waals surface area contributed by atoms with Crippen LogP contribution < -0.4 is 4.72 Å². The molecule has 0 amide bonds. The number of carbonyl (C=O) groups is 1. The van der Waals surface area contributed by atoms with Crippen LogP contribution in [0.3, 0.4) is 0 Å². The minimum atomic E-state index is -3.64. The number of hydrogen-bond acceptors (Lipinski definition) is 3. The third kappa shape index (κ3) is 3.26. The van der Waals surface area contributed by atoms with Crippen molar-refractivity contribution in [2.24, 2.45) is 0 Å². The van der Waals surface area contributed by atoms with Gasteiger partial charge in [-0.05, 0) is 31.0 Å². The smallest absolute Gasteiger partial charge is 0.337 e. The standard InChI is InChI=1S/C12H14ClNO4S/c13-11-7-9(5-6-10(11)12(15)16)19(17,18)14-8-3-1-2-4-8/h5-8,14H,1-4H2,(H,15,16). The zero-order valence-corrected chi connectivity index (χ0v) is 11.7. The number of hydrogen-bond donors (Lipinski definition) is 2. The summed E-state index contributed by atoms with van der Waals surface area (Å²) in [4.78, 5) is 10.8. The van der Waals surface area contributed by atoms with Crippen LogP contribution in [0.4, 0.5) is 0 Å². The second-order valence-corrected chi connectivity index (χ2v) is 6.67. The molecular formula is C12H14ClNO4S. The first-order chi connectivity index (χ1) is 8.90. The quantitative estimate of drug-likeness (QED) is 0.893. The van der Waals surface area contributed by atoms with E-state index in [-0.39, 0.29) is 21.5 Å². The third-order valence-corrected chi connectivity index (χ3v) is 4.99. The molecule has 2 N–H and O–H groups in total. The maximum absolute atomic E-state index is 12.1. The van der Waals surface area contributed by atoms with Crippen LogP contribution in [0.2, 0.25) is 5.02 Å². The fraction of sp³-hybridized carbons (Fsp3) is 0.417. The lowest BCUT2D eigenvalue weighted by molar-refractivity contribution is 0.0697. The lowest BCUT2D eigenvalue weighted by atomic mass is 10.2.